The SMILES string of the molecule is NC(=O)c1ccc(Cn2cc(Br)cn2)cc1. The molecule has 0 aliphatic rings. The summed E-state index contributed by atoms with van der Waals surface area (Å²) >= 11 is 3.33. The Morgan fingerprint density at radius 3 is 2.56 bits per heavy atom. The quantitative estimate of drug-likeness (QED) is 0.931. The van der Waals surface area contributed by atoms with Crippen molar-refractivity contribution >= 4 is 21.8 Å². The summed E-state index contributed by atoms with van der Waals surface area (Å²) in [5, 5.41) is 4.15. The van der Waals surface area contributed by atoms with Crippen LogP contribution in [0.5, 0.6) is 0 Å². The van der Waals surface area contributed by atoms with Crippen LogP contribution in [0.25, 0.3) is 0 Å². The standard InChI is InChI=1S/C11H10BrN3O/c12-10-5-14-15(7-10)6-8-1-3-9(4-2-8)11(13)16/h1-5,7H,6H2,(H2,13,16). The summed E-state index contributed by atoms with van der Waals surface area (Å²) in [7, 11) is 0. The molecule has 2 N–H and O–H groups in total. The Bertz CT molecular complexity index is 504. The smallest absolute Gasteiger partial charge is 0.248 e. The first-order chi connectivity index (χ1) is 7.65. The van der Waals surface area contributed by atoms with Gasteiger partial charge >= 0.3 is 0 Å². The lowest BCUT2D eigenvalue weighted by Crippen LogP contribution is -2.10. The molecule has 0 saturated heterocycles. The molecule has 0 fully saturated rings. The maximum atomic E-state index is 10.9. The number of benzene rings is 1. The third-order valence-corrected chi connectivity index (χ3v) is 2.59. The van der Waals surface area contributed by atoms with Crippen LogP contribution in [0.15, 0.2) is 41.1 Å². The third-order valence-electron chi connectivity index (χ3n) is 2.18. The summed E-state index contributed by atoms with van der Waals surface area (Å²) in [5.41, 5.74) is 6.75. The summed E-state index contributed by atoms with van der Waals surface area (Å²) in [6.45, 7) is 0.671. The zero-order chi connectivity index (χ0) is 11.5. The number of primary amides is 1. The Hall–Kier alpha value is -1.62. The molecule has 0 radical (unpaired) electrons. The van der Waals surface area contributed by atoms with Crippen LogP contribution in [-0.4, -0.2) is 15.7 Å². The molecule has 0 unspecified atom stereocenters. The second kappa shape index (κ2) is 4.49. The first kappa shape index (κ1) is 10.9. The number of amides is 1. The van der Waals surface area contributed by atoms with Gasteiger partial charge in [0.1, 0.15) is 0 Å². The van der Waals surface area contributed by atoms with E-state index in [1.807, 2.05) is 23.0 Å². The van der Waals surface area contributed by atoms with Gasteiger partial charge in [-0.25, -0.2) is 0 Å². The van der Waals surface area contributed by atoms with Gasteiger partial charge < -0.3 is 5.73 Å². The number of carbonyl (C=O) groups is 1. The number of aromatic nitrogens is 2. The van der Waals surface area contributed by atoms with Gasteiger partial charge in [0, 0.05) is 11.8 Å². The lowest BCUT2D eigenvalue weighted by molar-refractivity contribution is 0.100. The van der Waals surface area contributed by atoms with E-state index < -0.39 is 5.91 Å². The third kappa shape index (κ3) is 2.49. The molecule has 0 aliphatic carbocycles. The van der Waals surface area contributed by atoms with Gasteiger partial charge in [-0.15, -0.1) is 0 Å². The molecule has 16 heavy (non-hydrogen) atoms. The van der Waals surface area contributed by atoms with E-state index in [-0.39, 0.29) is 0 Å². The van der Waals surface area contributed by atoms with Crippen LogP contribution < -0.4 is 5.73 Å². The molecular formula is C11H10BrN3O. The average Bonchev–Trinajstić information content (AvgIpc) is 2.65. The fraction of sp³-hybridized carbons (Fsp3) is 0.0909. The van der Waals surface area contributed by atoms with Crippen LogP contribution in [0.4, 0.5) is 0 Å². The monoisotopic (exact) mass is 279 g/mol. The van der Waals surface area contributed by atoms with Crippen molar-refractivity contribution in [2.75, 3.05) is 0 Å². The van der Waals surface area contributed by atoms with Gasteiger partial charge in [-0.2, -0.15) is 5.10 Å². The van der Waals surface area contributed by atoms with Crippen molar-refractivity contribution in [2.24, 2.45) is 5.73 Å². The van der Waals surface area contributed by atoms with E-state index in [1.165, 1.54) is 0 Å². The summed E-state index contributed by atoms with van der Waals surface area (Å²) < 4.78 is 2.75. The van der Waals surface area contributed by atoms with E-state index in [2.05, 4.69) is 21.0 Å². The largest absolute Gasteiger partial charge is 0.366 e. The fourth-order valence-electron chi connectivity index (χ4n) is 1.39. The number of nitrogens with zero attached hydrogens (tertiary/aromatic N) is 2. The fourth-order valence-corrected chi connectivity index (χ4v) is 1.71. The summed E-state index contributed by atoms with van der Waals surface area (Å²) in [5.74, 6) is -0.409. The highest BCUT2D eigenvalue weighted by atomic mass is 79.9. The van der Waals surface area contributed by atoms with E-state index in [0.29, 0.717) is 12.1 Å². The molecule has 0 spiro atoms. The minimum Gasteiger partial charge on any atom is -0.366 e. The topological polar surface area (TPSA) is 60.9 Å². The Morgan fingerprint density at radius 1 is 1.38 bits per heavy atom. The summed E-state index contributed by atoms with van der Waals surface area (Å²) in [4.78, 5) is 10.9. The van der Waals surface area contributed by atoms with E-state index in [0.717, 1.165) is 10.0 Å². The first-order valence-electron chi connectivity index (χ1n) is 4.72. The van der Waals surface area contributed by atoms with Crippen molar-refractivity contribution in [3.8, 4) is 0 Å². The number of halogens is 1. The highest BCUT2D eigenvalue weighted by Crippen LogP contribution is 2.09. The lowest BCUT2D eigenvalue weighted by atomic mass is 10.1. The number of hydrogen-bond acceptors (Lipinski definition) is 2. The summed E-state index contributed by atoms with van der Waals surface area (Å²) in [6.07, 6.45) is 3.62. The minimum absolute atomic E-state index is 0.409. The van der Waals surface area contributed by atoms with Crippen LogP contribution in [0.1, 0.15) is 15.9 Å². The lowest BCUT2D eigenvalue weighted by Gasteiger charge is -2.02. The second-order valence-corrected chi connectivity index (χ2v) is 4.33. The summed E-state index contributed by atoms with van der Waals surface area (Å²) in [6, 6.07) is 7.18. The number of carbonyl (C=O) groups excluding carboxylic acids is 1. The van der Waals surface area contributed by atoms with Crippen LogP contribution in [0, 0.1) is 0 Å². The van der Waals surface area contributed by atoms with Gasteiger partial charge in [-0.1, -0.05) is 12.1 Å². The molecule has 0 atom stereocenters. The van der Waals surface area contributed by atoms with Crippen LogP contribution >= 0.6 is 15.9 Å². The van der Waals surface area contributed by atoms with E-state index >= 15 is 0 Å². The molecule has 1 amide bonds. The van der Waals surface area contributed by atoms with Crippen molar-refractivity contribution in [3.63, 3.8) is 0 Å². The van der Waals surface area contributed by atoms with Crippen molar-refractivity contribution in [1.29, 1.82) is 0 Å². The van der Waals surface area contributed by atoms with Gasteiger partial charge in [0.2, 0.25) is 5.91 Å². The maximum Gasteiger partial charge on any atom is 0.248 e. The Morgan fingerprint density at radius 2 is 2.06 bits per heavy atom. The van der Waals surface area contributed by atoms with Crippen molar-refractivity contribution in [1.82, 2.24) is 9.78 Å². The van der Waals surface area contributed by atoms with Gasteiger partial charge in [0.25, 0.3) is 0 Å². The van der Waals surface area contributed by atoms with Crippen molar-refractivity contribution in [3.05, 3.63) is 52.3 Å². The van der Waals surface area contributed by atoms with Crippen molar-refractivity contribution in [2.45, 2.75) is 6.54 Å². The highest BCUT2D eigenvalue weighted by molar-refractivity contribution is 9.10. The van der Waals surface area contributed by atoms with E-state index in [1.54, 1.807) is 18.3 Å². The van der Waals surface area contributed by atoms with Crippen LogP contribution in [0.3, 0.4) is 0 Å². The molecule has 2 aromatic rings. The molecule has 82 valence electrons. The van der Waals surface area contributed by atoms with Gasteiger partial charge in [-0.3, -0.25) is 9.48 Å². The predicted molar refractivity (Wildman–Crippen MR) is 64.0 cm³/mol. The molecule has 0 bridgehead atoms. The predicted octanol–water partition coefficient (Wildman–Crippen LogP) is 1.79. The van der Waals surface area contributed by atoms with Gasteiger partial charge in [0.15, 0.2) is 0 Å². The molecular weight excluding hydrogens is 270 g/mol. The average molecular weight is 280 g/mol. The van der Waals surface area contributed by atoms with Crippen LogP contribution in [0.2, 0.25) is 0 Å². The maximum absolute atomic E-state index is 10.9. The Balaban J connectivity index is 2.14. The number of nitrogens with two attached hydrogens (primary N) is 1. The molecule has 1 aromatic heterocycles. The molecule has 4 nitrogen and oxygen atoms in total. The minimum atomic E-state index is -0.409. The second-order valence-electron chi connectivity index (χ2n) is 3.42. The van der Waals surface area contributed by atoms with Gasteiger partial charge in [-0.05, 0) is 33.6 Å². The Kier molecular flexibility index (Phi) is 3.05. The zero-order valence-electron chi connectivity index (χ0n) is 8.43. The molecule has 1 aromatic carbocycles. The zero-order valence-corrected chi connectivity index (χ0v) is 10.0. The number of hydrogen-bond donors (Lipinski definition) is 1. The molecule has 5 heteroatoms. The Labute approximate surface area is 101 Å². The molecule has 0 aliphatic heterocycles. The van der Waals surface area contributed by atoms with E-state index in [9.17, 15) is 4.79 Å². The highest BCUT2D eigenvalue weighted by Gasteiger charge is 2.01. The molecule has 1 heterocycles. The number of rotatable bonds is 3. The first-order valence-corrected chi connectivity index (χ1v) is 5.51. The van der Waals surface area contributed by atoms with Gasteiger partial charge in [0.05, 0.1) is 17.2 Å². The van der Waals surface area contributed by atoms with E-state index in [4.69, 9.17) is 5.73 Å². The van der Waals surface area contributed by atoms with Crippen LogP contribution in [-0.2, 0) is 6.54 Å². The molecule has 0 saturated carbocycles. The molecule has 2 rings (SSSR count). The van der Waals surface area contributed by atoms with Crippen molar-refractivity contribution < 1.29 is 4.79 Å². The normalized spacial score (nSPS) is 10.3.